The number of benzene rings is 1. The molecule has 0 aliphatic carbocycles. The summed E-state index contributed by atoms with van der Waals surface area (Å²) in [6.45, 7) is 0.415. The first-order valence-corrected chi connectivity index (χ1v) is 6.12. The van der Waals surface area contributed by atoms with E-state index in [1.807, 2.05) is 0 Å². The van der Waals surface area contributed by atoms with Crippen LogP contribution >= 0.6 is 23.2 Å². The largest absolute Gasteiger partial charge is 0.383 e. The highest BCUT2D eigenvalue weighted by Crippen LogP contribution is 2.23. The smallest absolute Gasteiger partial charge is 0.283 e. The van der Waals surface area contributed by atoms with Crippen molar-refractivity contribution in [1.29, 1.82) is 0 Å². The number of nitrogens with one attached hydrogen (secondary N) is 1. The minimum absolute atomic E-state index is 0.0596. The van der Waals surface area contributed by atoms with Gasteiger partial charge in [0, 0.05) is 24.7 Å². The molecule has 0 aliphatic heterocycles. The molecule has 0 aromatic heterocycles. The van der Waals surface area contributed by atoms with Crippen molar-refractivity contribution in [2.24, 2.45) is 0 Å². The fraction of sp³-hybridized carbons (Fsp3) is 0.364. The molecule has 1 amide bonds. The Labute approximate surface area is 119 Å². The average Bonchev–Trinajstić information content (AvgIpc) is 2.36. The molecule has 0 heterocycles. The zero-order valence-corrected chi connectivity index (χ0v) is 11.6. The van der Waals surface area contributed by atoms with Gasteiger partial charge in [-0.2, -0.15) is 0 Å². The number of carbonyl (C=O) groups excluding carboxylic acids is 1. The second kappa shape index (κ2) is 7.28. The minimum atomic E-state index is -0.659. The number of amides is 1. The van der Waals surface area contributed by atoms with Crippen molar-refractivity contribution in [2.45, 2.75) is 5.38 Å². The fourth-order valence-electron chi connectivity index (χ4n) is 1.39. The number of ether oxygens (including phenoxy) is 1. The second-order valence-corrected chi connectivity index (χ2v) is 4.73. The van der Waals surface area contributed by atoms with Gasteiger partial charge in [0.1, 0.15) is 5.56 Å². The van der Waals surface area contributed by atoms with Crippen LogP contribution in [0.4, 0.5) is 5.69 Å². The van der Waals surface area contributed by atoms with Crippen LogP contribution < -0.4 is 5.32 Å². The number of carbonyl (C=O) groups is 1. The van der Waals surface area contributed by atoms with Gasteiger partial charge in [-0.05, 0) is 12.1 Å². The lowest BCUT2D eigenvalue weighted by Crippen LogP contribution is -2.32. The van der Waals surface area contributed by atoms with E-state index in [1.165, 1.54) is 19.2 Å². The normalized spacial score (nSPS) is 11.9. The van der Waals surface area contributed by atoms with Gasteiger partial charge in [-0.3, -0.25) is 14.9 Å². The number of methoxy groups -OCH3 is 1. The van der Waals surface area contributed by atoms with Crippen LogP contribution in [0.25, 0.3) is 0 Å². The molecule has 1 rings (SSSR count). The molecular weight excluding hydrogens is 295 g/mol. The molecule has 0 saturated heterocycles. The fourth-order valence-corrected chi connectivity index (χ4v) is 1.76. The summed E-state index contributed by atoms with van der Waals surface area (Å²) in [5.74, 6) is -0.579. The number of rotatable bonds is 6. The van der Waals surface area contributed by atoms with Crippen molar-refractivity contribution in [3.05, 3.63) is 38.9 Å². The molecule has 0 saturated carbocycles. The average molecular weight is 307 g/mol. The number of hydrogen-bond acceptors (Lipinski definition) is 4. The lowest BCUT2D eigenvalue weighted by atomic mass is 10.1. The van der Waals surface area contributed by atoms with E-state index >= 15 is 0 Å². The SMILES string of the molecule is COCC(Cl)CNC(=O)c1ccc(Cl)cc1[N+](=O)[O-]. The summed E-state index contributed by atoms with van der Waals surface area (Å²) in [5.41, 5.74) is -0.404. The van der Waals surface area contributed by atoms with E-state index in [-0.39, 0.29) is 29.4 Å². The highest BCUT2D eigenvalue weighted by atomic mass is 35.5. The molecule has 19 heavy (non-hydrogen) atoms. The van der Waals surface area contributed by atoms with Crippen LogP contribution in [0.5, 0.6) is 0 Å². The predicted molar refractivity (Wildman–Crippen MR) is 72.0 cm³/mol. The van der Waals surface area contributed by atoms with Gasteiger partial charge in [-0.15, -0.1) is 11.6 Å². The number of alkyl halides is 1. The molecule has 104 valence electrons. The zero-order chi connectivity index (χ0) is 14.4. The van der Waals surface area contributed by atoms with Gasteiger partial charge in [0.25, 0.3) is 11.6 Å². The van der Waals surface area contributed by atoms with Crippen molar-refractivity contribution in [3.8, 4) is 0 Å². The molecule has 0 fully saturated rings. The first-order chi connectivity index (χ1) is 8.95. The molecule has 0 aliphatic rings. The van der Waals surface area contributed by atoms with Gasteiger partial charge in [0.05, 0.1) is 16.9 Å². The van der Waals surface area contributed by atoms with Gasteiger partial charge in [-0.25, -0.2) is 0 Å². The molecule has 1 aromatic rings. The van der Waals surface area contributed by atoms with E-state index in [0.29, 0.717) is 0 Å². The maximum absolute atomic E-state index is 11.8. The van der Waals surface area contributed by atoms with Crippen molar-refractivity contribution >= 4 is 34.8 Å². The lowest BCUT2D eigenvalue weighted by Gasteiger charge is -2.10. The Morgan fingerprint density at radius 3 is 2.84 bits per heavy atom. The highest BCUT2D eigenvalue weighted by molar-refractivity contribution is 6.31. The molecule has 1 unspecified atom stereocenters. The van der Waals surface area contributed by atoms with Crippen LogP contribution in [0.2, 0.25) is 5.02 Å². The maximum Gasteiger partial charge on any atom is 0.283 e. The van der Waals surface area contributed by atoms with E-state index in [4.69, 9.17) is 27.9 Å². The highest BCUT2D eigenvalue weighted by Gasteiger charge is 2.20. The third-order valence-electron chi connectivity index (χ3n) is 2.23. The predicted octanol–water partition coefficient (Wildman–Crippen LogP) is 2.23. The van der Waals surface area contributed by atoms with E-state index < -0.39 is 16.2 Å². The monoisotopic (exact) mass is 306 g/mol. The van der Waals surface area contributed by atoms with E-state index in [0.717, 1.165) is 6.07 Å². The summed E-state index contributed by atoms with van der Waals surface area (Å²) < 4.78 is 4.81. The molecule has 6 nitrogen and oxygen atoms in total. The maximum atomic E-state index is 11.8. The van der Waals surface area contributed by atoms with E-state index in [2.05, 4.69) is 5.32 Å². The summed E-state index contributed by atoms with van der Waals surface area (Å²) in [4.78, 5) is 22.0. The summed E-state index contributed by atoms with van der Waals surface area (Å²) in [7, 11) is 1.49. The molecule has 0 spiro atoms. The van der Waals surface area contributed by atoms with E-state index in [1.54, 1.807) is 0 Å². The first kappa shape index (κ1) is 15.7. The van der Waals surface area contributed by atoms with Crippen molar-refractivity contribution in [2.75, 3.05) is 20.3 Å². The van der Waals surface area contributed by atoms with Crippen LogP contribution in [-0.4, -0.2) is 36.5 Å². The second-order valence-electron chi connectivity index (χ2n) is 3.68. The van der Waals surface area contributed by atoms with Crippen LogP contribution in [-0.2, 0) is 4.74 Å². The Morgan fingerprint density at radius 2 is 2.26 bits per heavy atom. The topological polar surface area (TPSA) is 81.5 Å². The van der Waals surface area contributed by atoms with Crippen LogP contribution in [0.15, 0.2) is 18.2 Å². The number of nitro groups is 1. The van der Waals surface area contributed by atoms with Gasteiger partial charge < -0.3 is 10.1 Å². The number of nitro benzene ring substituents is 1. The van der Waals surface area contributed by atoms with Crippen LogP contribution in [0.1, 0.15) is 10.4 Å². The van der Waals surface area contributed by atoms with Crippen molar-refractivity contribution in [3.63, 3.8) is 0 Å². The Morgan fingerprint density at radius 1 is 1.58 bits per heavy atom. The molecule has 1 atom stereocenters. The molecule has 0 radical (unpaired) electrons. The molecule has 1 N–H and O–H groups in total. The standard InChI is InChI=1S/C11H12Cl2N2O4/c1-19-6-8(13)5-14-11(16)9-3-2-7(12)4-10(9)15(17)18/h2-4,8H,5-6H2,1H3,(H,14,16). The van der Waals surface area contributed by atoms with Crippen molar-refractivity contribution < 1.29 is 14.5 Å². The summed E-state index contributed by atoms with van der Waals surface area (Å²) in [6.07, 6.45) is 0. The van der Waals surface area contributed by atoms with Gasteiger partial charge in [0.2, 0.25) is 0 Å². The Hall–Kier alpha value is -1.37. The lowest BCUT2D eigenvalue weighted by molar-refractivity contribution is -0.385. The van der Waals surface area contributed by atoms with Crippen molar-refractivity contribution in [1.82, 2.24) is 5.32 Å². The molecule has 8 heteroatoms. The third-order valence-corrected chi connectivity index (χ3v) is 2.75. The van der Waals surface area contributed by atoms with Gasteiger partial charge in [-0.1, -0.05) is 11.6 Å². The molecule has 0 bridgehead atoms. The van der Waals surface area contributed by atoms with Crippen LogP contribution in [0.3, 0.4) is 0 Å². The summed E-state index contributed by atoms with van der Waals surface area (Å²) >= 11 is 11.5. The van der Waals surface area contributed by atoms with Gasteiger partial charge >= 0.3 is 0 Å². The van der Waals surface area contributed by atoms with Crippen LogP contribution in [0, 0.1) is 10.1 Å². The quantitative estimate of drug-likeness (QED) is 0.496. The third kappa shape index (κ3) is 4.66. The number of hydrogen-bond donors (Lipinski definition) is 1. The minimum Gasteiger partial charge on any atom is -0.383 e. The number of halogens is 2. The molecular formula is C11H12Cl2N2O4. The Kier molecular flexibility index (Phi) is 6.01. The summed E-state index contributed by atoms with van der Waals surface area (Å²) in [6, 6.07) is 3.84. The first-order valence-electron chi connectivity index (χ1n) is 5.31. The zero-order valence-electron chi connectivity index (χ0n) is 10.1. The Balaban J connectivity index is 2.79. The number of nitrogens with zero attached hydrogens (tertiary/aromatic N) is 1. The van der Waals surface area contributed by atoms with E-state index in [9.17, 15) is 14.9 Å². The Bertz CT molecular complexity index is 482. The molecule has 1 aromatic carbocycles. The summed E-state index contributed by atoms with van der Waals surface area (Å²) in [5, 5.41) is 13.1. The van der Waals surface area contributed by atoms with Gasteiger partial charge in [0.15, 0.2) is 0 Å².